The first-order valence-electron chi connectivity index (χ1n) is 11.0. The lowest BCUT2D eigenvalue weighted by atomic mass is 9.96. The number of nitrogens with one attached hydrogen (secondary N) is 3. The largest absolute Gasteiger partial charge is 0.368 e. The van der Waals surface area contributed by atoms with Gasteiger partial charge in [-0.2, -0.15) is 0 Å². The topological polar surface area (TPSA) is 77.2 Å². The predicted octanol–water partition coefficient (Wildman–Crippen LogP) is 3.34. The van der Waals surface area contributed by atoms with Gasteiger partial charge in [0.05, 0.1) is 0 Å². The first-order valence-corrected chi connectivity index (χ1v) is 11.0. The zero-order chi connectivity index (χ0) is 22.7. The second-order valence-corrected chi connectivity index (χ2v) is 8.54. The zero-order valence-corrected chi connectivity index (χ0v) is 19.1. The molecule has 0 radical (unpaired) electrons. The normalized spacial score (nSPS) is 18.6. The monoisotopic (exact) mass is 428 g/mol. The maximum absolute atomic E-state index is 14.6. The molecule has 0 bridgehead atoms. The molecule has 2 unspecified atom stereocenters. The number of hydrogen-bond acceptors (Lipinski definition) is 4. The Labute approximate surface area is 183 Å². The number of hydrogen-bond donors (Lipinski definition) is 3. The van der Waals surface area contributed by atoms with Crippen molar-refractivity contribution in [2.75, 3.05) is 18.0 Å². The summed E-state index contributed by atoms with van der Waals surface area (Å²) < 4.78 is 14.6. The van der Waals surface area contributed by atoms with Gasteiger partial charge in [0.2, 0.25) is 0 Å². The number of amides is 1. The molecule has 2 heterocycles. The highest BCUT2D eigenvalue weighted by Gasteiger charge is 2.26. The van der Waals surface area contributed by atoms with Crippen LogP contribution in [0.1, 0.15) is 59.4 Å². The highest BCUT2D eigenvalue weighted by atomic mass is 19.1. The van der Waals surface area contributed by atoms with Crippen LogP contribution in [0.2, 0.25) is 0 Å². The van der Waals surface area contributed by atoms with E-state index >= 15 is 0 Å². The molecule has 6 nitrogen and oxygen atoms in total. The number of pyridine rings is 1. The minimum Gasteiger partial charge on any atom is -0.368 e. The number of rotatable bonds is 6. The van der Waals surface area contributed by atoms with Gasteiger partial charge in [0, 0.05) is 47.7 Å². The van der Waals surface area contributed by atoms with Crippen LogP contribution in [0.5, 0.6) is 0 Å². The Kier molecular flexibility index (Phi) is 7.15. The Hall–Kier alpha value is -2.67. The number of piperidine rings is 1. The van der Waals surface area contributed by atoms with Gasteiger partial charge in [-0.15, -0.1) is 0 Å². The van der Waals surface area contributed by atoms with Crippen molar-refractivity contribution < 1.29 is 9.18 Å². The summed E-state index contributed by atoms with van der Waals surface area (Å²) >= 11 is 0. The zero-order valence-electron chi connectivity index (χ0n) is 19.1. The van der Waals surface area contributed by atoms with Gasteiger partial charge in [-0.3, -0.25) is 9.59 Å². The first-order chi connectivity index (χ1) is 14.7. The molecule has 1 saturated heterocycles. The van der Waals surface area contributed by atoms with E-state index in [9.17, 15) is 14.0 Å². The van der Waals surface area contributed by atoms with Gasteiger partial charge in [-0.25, -0.2) is 4.39 Å². The van der Waals surface area contributed by atoms with Gasteiger partial charge in [0.1, 0.15) is 5.82 Å². The van der Waals surface area contributed by atoms with E-state index in [0.717, 1.165) is 48.4 Å². The molecule has 3 N–H and O–H groups in total. The Morgan fingerprint density at radius 1 is 1.26 bits per heavy atom. The smallest absolute Gasteiger partial charge is 0.253 e. The van der Waals surface area contributed by atoms with Gasteiger partial charge in [-0.1, -0.05) is 0 Å². The minimum absolute atomic E-state index is 0.0921. The first kappa shape index (κ1) is 23.0. The number of benzene rings is 1. The second-order valence-electron chi connectivity index (χ2n) is 8.54. The van der Waals surface area contributed by atoms with E-state index in [4.69, 9.17) is 0 Å². The average Bonchev–Trinajstić information content (AvgIpc) is 2.70. The summed E-state index contributed by atoms with van der Waals surface area (Å²) in [6.45, 7) is 11.5. The summed E-state index contributed by atoms with van der Waals surface area (Å²) in [5.41, 5.74) is 3.69. The van der Waals surface area contributed by atoms with Crippen molar-refractivity contribution in [1.29, 1.82) is 0 Å². The molecule has 0 saturated carbocycles. The predicted molar refractivity (Wildman–Crippen MR) is 122 cm³/mol. The fraction of sp³-hybridized carbons (Fsp3) is 0.500. The number of anilines is 1. The third kappa shape index (κ3) is 5.15. The van der Waals surface area contributed by atoms with Crippen LogP contribution in [-0.4, -0.2) is 36.1 Å². The Balaban J connectivity index is 1.86. The number of H-pyrrole nitrogens is 1. The summed E-state index contributed by atoms with van der Waals surface area (Å²) in [4.78, 5) is 30.2. The molecule has 2 atom stereocenters. The van der Waals surface area contributed by atoms with E-state index < -0.39 is 5.82 Å². The van der Waals surface area contributed by atoms with E-state index in [2.05, 4.69) is 34.4 Å². The minimum atomic E-state index is -0.435. The van der Waals surface area contributed by atoms with E-state index in [1.54, 1.807) is 0 Å². The fourth-order valence-electron chi connectivity index (χ4n) is 4.58. The molecule has 1 fully saturated rings. The van der Waals surface area contributed by atoms with Crippen molar-refractivity contribution in [3.8, 4) is 0 Å². The highest BCUT2D eigenvalue weighted by Crippen LogP contribution is 2.29. The van der Waals surface area contributed by atoms with Crippen molar-refractivity contribution >= 4 is 11.6 Å². The van der Waals surface area contributed by atoms with Crippen LogP contribution in [0.3, 0.4) is 0 Å². The molecule has 1 aromatic carbocycles. The van der Waals surface area contributed by atoms with Crippen LogP contribution in [0, 0.1) is 26.6 Å². The number of aromatic amines is 1. The molecule has 7 heteroatoms. The standard InChI is InChI=1S/C24H33FN4O2/c1-6-29(19-7-8-26-15(3)10-19)22-12-18(25)11-20(17(22)5)23(30)27-13-21-14(2)9-16(4)28-24(21)31/h9,11-12,15,19,26H,6-8,10,13H2,1-5H3,(H,27,30)(H,28,31). The van der Waals surface area contributed by atoms with E-state index in [1.807, 2.05) is 26.8 Å². The Bertz CT molecular complexity index is 1020. The number of aromatic nitrogens is 1. The van der Waals surface area contributed by atoms with E-state index in [-0.39, 0.29) is 18.0 Å². The lowest BCUT2D eigenvalue weighted by molar-refractivity contribution is 0.0949. The summed E-state index contributed by atoms with van der Waals surface area (Å²) in [6.07, 6.45) is 1.95. The maximum atomic E-state index is 14.6. The molecule has 31 heavy (non-hydrogen) atoms. The van der Waals surface area contributed by atoms with Crippen molar-refractivity contribution in [2.45, 2.75) is 66.1 Å². The van der Waals surface area contributed by atoms with Crippen LogP contribution in [-0.2, 0) is 6.54 Å². The van der Waals surface area contributed by atoms with Crippen molar-refractivity contribution in [2.24, 2.45) is 0 Å². The van der Waals surface area contributed by atoms with Gasteiger partial charge in [-0.05, 0) is 83.3 Å². The van der Waals surface area contributed by atoms with Crippen LogP contribution < -0.4 is 21.1 Å². The average molecular weight is 429 g/mol. The summed E-state index contributed by atoms with van der Waals surface area (Å²) in [5.74, 6) is -0.817. The number of nitrogens with zero attached hydrogens (tertiary/aromatic N) is 1. The van der Waals surface area contributed by atoms with Crippen LogP contribution in [0.4, 0.5) is 10.1 Å². The van der Waals surface area contributed by atoms with Gasteiger partial charge in [0.25, 0.3) is 11.5 Å². The quantitative estimate of drug-likeness (QED) is 0.660. The molecule has 1 aliphatic rings. The molecule has 1 aromatic heterocycles. The lowest BCUT2D eigenvalue weighted by Gasteiger charge is -2.39. The van der Waals surface area contributed by atoms with Crippen LogP contribution in [0.15, 0.2) is 23.0 Å². The summed E-state index contributed by atoms with van der Waals surface area (Å²) in [7, 11) is 0. The van der Waals surface area contributed by atoms with Crippen molar-refractivity contribution in [1.82, 2.24) is 15.6 Å². The van der Waals surface area contributed by atoms with Gasteiger partial charge < -0.3 is 20.5 Å². The fourth-order valence-corrected chi connectivity index (χ4v) is 4.58. The Morgan fingerprint density at radius 3 is 2.65 bits per heavy atom. The van der Waals surface area contributed by atoms with Crippen molar-refractivity contribution in [3.05, 3.63) is 62.3 Å². The van der Waals surface area contributed by atoms with Gasteiger partial charge in [0.15, 0.2) is 0 Å². The molecule has 168 valence electrons. The maximum Gasteiger partial charge on any atom is 0.253 e. The van der Waals surface area contributed by atoms with E-state index in [0.29, 0.717) is 23.2 Å². The summed E-state index contributed by atoms with van der Waals surface area (Å²) in [5, 5.41) is 6.25. The molecular weight excluding hydrogens is 395 g/mol. The Morgan fingerprint density at radius 2 is 2.00 bits per heavy atom. The number of carbonyl (C=O) groups is 1. The second kappa shape index (κ2) is 9.64. The number of halogens is 1. The lowest BCUT2D eigenvalue weighted by Crippen LogP contribution is -2.47. The van der Waals surface area contributed by atoms with E-state index in [1.165, 1.54) is 12.1 Å². The molecule has 1 amide bonds. The number of aryl methyl sites for hydroxylation is 2. The number of carbonyl (C=O) groups excluding carboxylic acids is 1. The van der Waals surface area contributed by atoms with Crippen LogP contribution >= 0.6 is 0 Å². The third-order valence-electron chi connectivity index (χ3n) is 6.20. The molecule has 1 aliphatic heterocycles. The highest BCUT2D eigenvalue weighted by molar-refractivity contribution is 5.97. The molecule has 3 rings (SSSR count). The molecule has 0 spiro atoms. The molecular formula is C24H33FN4O2. The molecule has 2 aromatic rings. The van der Waals surface area contributed by atoms with Gasteiger partial charge >= 0.3 is 0 Å². The molecule has 0 aliphatic carbocycles. The third-order valence-corrected chi connectivity index (χ3v) is 6.20. The summed E-state index contributed by atoms with van der Waals surface area (Å²) in [6, 6.07) is 5.37. The van der Waals surface area contributed by atoms with Crippen LogP contribution in [0.25, 0.3) is 0 Å². The SMILES string of the molecule is CCN(c1cc(F)cc(C(=O)NCc2c(C)cc(C)[nH]c2=O)c1C)C1CCNC(C)C1. The van der Waals surface area contributed by atoms with Crippen molar-refractivity contribution in [3.63, 3.8) is 0 Å².